The summed E-state index contributed by atoms with van der Waals surface area (Å²) < 4.78 is 26.7. The highest BCUT2D eigenvalue weighted by Gasteiger charge is 2.13. The van der Waals surface area contributed by atoms with Crippen molar-refractivity contribution in [3.8, 4) is 0 Å². The molecule has 4 nitrogen and oxygen atoms in total. The normalized spacial score (nSPS) is 14.6. The Morgan fingerprint density at radius 1 is 1.50 bits per heavy atom. The van der Waals surface area contributed by atoms with Gasteiger partial charge in [0.25, 0.3) is 0 Å². The second-order valence-corrected chi connectivity index (χ2v) is 4.99. The molecule has 0 saturated carbocycles. The van der Waals surface area contributed by atoms with Gasteiger partial charge in [0, 0.05) is 19.4 Å². The van der Waals surface area contributed by atoms with E-state index >= 15 is 0 Å². The highest BCUT2D eigenvalue weighted by Crippen LogP contribution is 1.91. The first-order valence-electron chi connectivity index (χ1n) is 3.89. The summed E-state index contributed by atoms with van der Waals surface area (Å²) in [7, 11) is -1.35. The summed E-state index contributed by atoms with van der Waals surface area (Å²) in [6.45, 7) is 3.12. The molecule has 0 aliphatic carbocycles. The molecule has 0 rings (SSSR count). The fourth-order valence-electron chi connectivity index (χ4n) is 1.02. The van der Waals surface area contributed by atoms with Crippen molar-refractivity contribution < 1.29 is 13.2 Å². The first-order valence-corrected chi connectivity index (χ1v) is 5.95. The number of nitrogens with one attached hydrogen (secondary N) is 1. The average molecular weight is 195 g/mol. The topological polar surface area (TPSA) is 55.4 Å². The molecule has 5 heteroatoms. The van der Waals surface area contributed by atoms with Crippen LogP contribution in [0.4, 0.5) is 0 Å². The van der Waals surface area contributed by atoms with Crippen molar-refractivity contribution in [1.29, 1.82) is 0 Å². The van der Waals surface area contributed by atoms with E-state index in [1.165, 1.54) is 6.26 Å². The summed E-state index contributed by atoms with van der Waals surface area (Å²) in [6, 6.07) is -0.0880. The summed E-state index contributed by atoms with van der Waals surface area (Å²) >= 11 is 0. The Labute approximate surface area is 74.2 Å². The molecule has 0 saturated heterocycles. The van der Waals surface area contributed by atoms with Crippen LogP contribution in [0, 0.1) is 0 Å². The van der Waals surface area contributed by atoms with E-state index in [1.54, 1.807) is 7.11 Å². The van der Waals surface area contributed by atoms with Gasteiger partial charge in [0.05, 0.1) is 12.4 Å². The lowest BCUT2D eigenvalue weighted by atomic mass is 10.3. The van der Waals surface area contributed by atoms with E-state index < -0.39 is 9.84 Å². The van der Waals surface area contributed by atoms with E-state index in [0.29, 0.717) is 6.61 Å². The number of hydrogen-bond donors (Lipinski definition) is 1. The van der Waals surface area contributed by atoms with Crippen molar-refractivity contribution in [1.82, 2.24) is 5.32 Å². The third-order valence-electron chi connectivity index (χ3n) is 1.36. The number of rotatable bonds is 6. The Hall–Kier alpha value is -0.130. The van der Waals surface area contributed by atoms with Crippen molar-refractivity contribution >= 4 is 9.84 Å². The molecule has 74 valence electrons. The predicted molar refractivity (Wildman–Crippen MR) is 49.1 cm³/mol. The van der Waals surface area contributed by atoms with Gasteiger partial charge < -0.3 is 10.1 Å². The van der Waals surface area contributed by atoms with Gasteiger partial charge in [0.1, 0.15) is 9.84 Å². The van der Waals surface area contributed by atoms with E-state index in [0.717, 1.165) is 6.54 Å². The third kappa shape index (κ3) is 6.57. The van der Waals surface area contributed by atoms with Gasteiger partial charge in [-0.2, -0.15) is 0 Å². The molecule has 0 bridgehead atoms. The lowest BCUT2D eigenvalue weighted by Crippen LogP contribution is -2.38. The predicted octanol–water partition coefficient (Wildman–Crippen LogP) is -0.344. The van der Waals surface area contributed by atoms with Crippen molar-refractivity contribution in [3.63, 3.8) is 0 Å². The van der Waals surface area contributed by atoms with Crippen LogP contribution in [-0.4, -0.2) is 46.7 Å². The Morgan fingerprint density at radius 2 is 2.08 bits per heavy atom. The monoisotopic (exact) mass is 195 g/mol. The molecule has 1 atom stereocenters. The van der Waals surface area contributed by atoms with Gasteiger partial charge in [-0.15, -0.1) is 0 Å². The number of sulfone groups is 1. The van der Waals surface area contributed by atoms with Crippen LogP contribution in [-0.2, 0) is 14.6 Å². The largest absolute Gasteiger partial charge is 0.383 e. The Morgan fingerprint density at radius 3 is 2.42 bits per heavy atom. The number of ether oxygens (including phenoxy) is 1. The highest BCUT2D eigenvalue weighted by atomic mass is 32.2. The van der Waals surface area contributed by atoms with Gasteiger partial charge in [-0.05, 0) is 6.54 Å². The van der Waals surface area contributed by atoms with Crippen LogP contribution in [0.2, 0.25) is 0 Å². The molecule has 0 aliphatic heterocycles. The van der Waals surface area contributed by atoms with Crippen LogP contribution in [0.25, 0.3) is 0 Å². The maximum Gasteiger partial charge on any atom is 0.149 e. The van der Waals surface area contributed by atoms with Crippen molar-refractivity contribution in [2.75, 3.05) is 32.3 Å². The highest BCUT2D eigenvalue weighted by molar-refractivity contribution is 7.90. The SMILES string of the molecule is CCNC(COC)CS(C)(=O)=O. The van der Waals surface area contributed by atoms with Gasteiger partial charge in [-0.25, -0.2) is 8.42 Å². The zero-order chi connectivity index (χ0) is 9.61. The second-order valence-electron chi connectivity index (χ2n) is 2.80. The lowest BCUT2D eigenvalue weighted by Gasteiger charge is -2.15. The second kappa shape index (κ2) is 5.50. The van der Waals surface area contributed by atoms with Gasteiger partial charge in [0.2, 0.25) is 0 Å². The lowest BCUT2D eigenvalue weighted by molar-refractivity contribution is 0.174. The van der Waals surface area contributed by atoms with Crippen LogP contribution in [0.5, 0.6) is 0 Å². The molecule has 1 unspecified atom stereocenters. The summed E-state index contributed by atoms with van der Waals surface area (Å²) in [5.74, 6) is 0.134. The average Bonchev–Trinajstić information content (AvgIpc) is 1.84. The molecule has 12 heavy (non-hydrogen) atoms. The van der Waals surface area contributed by atoms with Crippen molar-refractivity contribution in [2.45, 2.75) is 13.0 Å². The zero-order valence-corrected chi connectivity index (χ0v) is 8.65. The zero-order valence-electron chi connectivity index (χ0n) is 7.83. The maximum absolute atomic E-state index is 10.9. The molecule has 0 aromatic heterocycles. The van der Waals surface area contributed by atoms with Crippen LogP contribution in [0.15, 0.2) is 0 Å². The molecule has 0 aromatic rings. The van der Waals surface area contributed by atoms with E-state index in [2.05, 4.69) is 5.32 Å². The molecule has 0 aromatic carbocycles. The first kappa shape index (κ1) is 11.9. The molecule has 0 fully saturated rings. The summed E-state index contributed by atoms with van der Waals surface area (Å²) in [6.07, 6.45) is 1.23. The van der Waals surface area contributed by atoms with Crippen LogP contribution < -0.4 is 5.32 Å². The maximum atomic E-state index is 10.9. The smallest absolute Gasteiger partial charge is 0.149 e. The molecular formula is C7H17NO3S. The van der Waals surface area contributed by atoms with E-state index in [4.69, 9.17) is 4.74 Å². The fraction of sp³-hybridized carbons (Fsp3) is 1.00. The van der Waals surface area contributed by atoms with E-state index in [9.17, 15) is 8.42 Å². The van der Waals surface area contributed by atoms with Gasteiger partial charge in [-0.3, -0.25) is 0 Å². The molecule has 0 heterocycles. The van der Waals surface area contributed by atoms with Crippen molar-refractivity contribution in [3.05, 3.63) is 0 Å². The van der Waals surface area contributed by atoms with Crippen LogP contribution in [0.3, 0.4) is 0 Å². The van der Waals surface area contributed by atoms with Gasteiger partial charge in [0.15, 0.2) is 0 Å². The molecular weight excluding hydrogens is 178 g/mol. The van der Waals surface area contributed by atoms with Crippen molar-refractivity contribution in [2.24, 2.45) is 0 Å². The molecule has 1 N–H and O–H groups in total. The van der Waals surface area contributed by atoms with Gasteiger partial charge >= 0.3 is 0 Å². The van der Waals surface area contributed by atoms with Gasteiger partial charge in [-0.1, -0.05) is 6.92 Å². The molecule has 0 aliphatic rings. The number of hydrogen-bond acceptors (Lipinski definition) is 4. The Kier molecular flexibility index (Phi) is 5.44. The number of likely N-dealkylation sites (N-methyl/N-ethyl adjacent to an activating group) is 1. The van der Waals surface area contributed by atoms with E-state index in [1.807, 2.05) is 6.92 Å². The number of methoxy groups -OCH3 is 1. The Balaban J connectivity index is 3.95. The van der Waals surface area contributed by atoms with Crippen LogP contribution >= 0.6 is 0 Å². The standard InChI is InChI=1S/C7H17NO3S/c1-4-8-7(5-11-2)6-12(3,9)10/h7-8H,4-6H2,1-3H3. The summed E-state index contributed by atoms with van der Waals surface area (Å²) in [5, 5.41) is 3.04. The summed E-state index contributed by atoms with van der Waals surface area (Å²) in [4.78, 5) is 0. The minimum absolute atomic E-state index is 0.0880. The molecule has 0 spiro atoms. The molecule has 0 radical (unpaired) electrons. The minimum Gasteiger partial charge on any atom is -0.383 e. The quantitative estimate of drug-likeness (QED) is 0.630. The fourth-order valence-corrected chi connectivity index (χ4v) is 1.97. The first-order chi connectivity index (χ1) is 5.49. The minimum atomic E-state index is -2.91. The summed E-state index contributed by atoms with van der Waals surface area (Å²) in [5.41, 5.74) is 0. The molecule has 0 amide bonds. The van der Waals surface area contributed by atoms with Crippen LogP contribution in [0.1, 0.15) is 6.92 Å². The van der Waals surface area contributed by atoms with E-state index in [-0.39, 0.29) is 11.8 Å². The Bertz CT molecular complexity index is 195. The third-order valence-corrected chi connectivity index (χ3v) is 2.37.